The molecular weight excluding hydrogens is 403 g/mol. The number of carbonyl (C=O) groups is 1. The number of anilines is 1. The predicted octanol–water partition coefficient (Wildman–Crippen LogP) is 4.45. The molecule has 1 amide bonds. The summed E-state index contributed by atoms with van der Waals surface area (Å²) >= 11 is 5.80. The quantitative estimate of drug-likeness (QED) is 0.481. The SMILES string of the molecule is COc1cc(Cl)ncc1C(=O)Nc1cc(-c2nnc(-c3ccco3)o2)ccc1F. The molecule has 0 aliphatic heterocycles. The second-order valence-electron chi connectivity index (χ2n) is 5.75. The molecule has 0 unspecified atom stereocenters. The van der Waals surface area contributed by atoms with Gasteiger partial charge in [-0.15, -0.1) is 10.2 Å². The van der Waals surface area contributed by atoms with Crippen molar-refractivity contribution in [3.05, 3.63) is 65.4 Å². The number of aromatic nitrogens is 3. The topological polar surface area (TPSA) is 103 Å². The molecule has 4 aromatic rings. The maximum absolute atomic E-state index is 14.3. The lowest BCUT2D eigenvalue weighted by molar-refractivity contribution is 0.102. The van der Waals surface area contributed by atoms with Crippen LogP contribution in [0, 0.1) is 5.82 Å². The van der Waals surface area contributed by atoms with E-state index in [4.69, 9.17) is 25.2 Å². The molecule has 8 nitrogen and oxygen atoms in total. The number of hydrogen-bond acceptors (Lipinski definition) is 7. The van der Waals surface area contributed by atoms with Crippen molar-refractivity contribution in [3.8, 4) is 28.9 Å². The maximum atomic E-state index is 14.3. The van der Waals surface area contributed by atoms with Crippen LogP contribution in [0.2, 0.25) is 5.15 Å². The van der Waals surface area contributed by atoms with Gasteiger partial charge in [-0.1, -0.05) is 11.6 Å². The van der Waals surface area contributed by atoms with Crippen molar-refractivity contribution >= 4 is 23.2 Å². The highest BCUT2D eigenvalue weighted by Crippen LogP contribution is 2.28. The summed E-state index contributed by atoms with van der Waals surface area (Å²) < 4.78 is 30.2. The first kappa shape index (κ1) is 18.6. The predicted molar refractivity (Wildman–Crippen MR) is 101 cm³/mol. The number of hydrogen-bond donors (Lipinski definition) is 1. The third-order valence-corrected chi connectivity index (χ3v) is 4.12. The summed E-state index contributed by atoms with van der Waals surface area (Å²) in [5.41, 5.74) is 0.426. The molecule has 0 bridgehead atoms. The Hall–Kier alpha value is -3.72. The van der Waals surface area contributed by atoms with Gasteiger partial charge in [0.2, 0.25) is 5.89 Å². The van der Waals surface area contributed by atoms with Crippen LogP contribution in [0.3, 0.4) is 0 Å². The Morgan fingerprint density at radius 2 is 2.03 bits per heavy atom. The van der Waals surface area contributed by atoms with E-state index in [1.807, 2.05) is 0 Å². The van der Waals surface area contributed by atoms with Crippen molar-refractivity contribution in [2.75, 3.05) is 12.4 Å². The lowest BCUT2D eigenvalue weighted by atomic mass is 10.1. The molecule has 0 saturated carbocycles. The molecule has 0 radical (unpaired) electrons. The third-order valence-electron chi connectivity index (χ3n) is 3.92. The summed E-state index contributed by atoms with van der Waals surface area (Å²) in [4.78, 5) is 16.4. The van der Waals surface area contributed by atoms with Crippen molar-refractivity contribution in [2.45, 2.75) is 0 Å². The van der Waals surface area contributed by atoms with Gasteiger partial charge in [-0.2, -0.15) is 0 Å². The van der Waals surface area contributed by atoms with Crippen LogP contribution in [0.15, 0.2) is 57.7 Å². The van der Waals surface area contributed by atoms with Gasteiger partial charge in [0.25, 0.3) is 11.8 Å². The van der Waals surface area contributed by atoms with Gasteiger partial charge in [-0.3, -0.25) is 4.79 Å². The minimum absolute atomic E-state index is 0.0812. The number of methoxy groups -OCH3 is 1. The Labute approximate surface area is 168 Å². The molecule has 1 N–H and O–H groups in total. The molecule has 29 heavy (non-hydrogen) atoms. The molecule has 0 aliphatic carbocycles. The largest absolute Gasteiger partial charge is 0.496 e. The number of ether oxygens (including phenoxy) is 1. The van der Waals surface area contributed by atoms with Crippen LogP contribution >= 0.6 is 11.6 Å². The number of benzene rings is 1. The molecule has 4 rings (SSSR count). The molecule has 0 fully saturated rings. The van der Waals surface area contributed by atoms with E-state index < -0.39 is 11.7 Å². The number of pyridine rings is 1. The van der Waals surface area contributed by atoms with Gasteiger partial charge >= 0.3 is 0 Å². The highest BCUT2D eigenvalue weighted by atomic mass is 35.5. The van der Waals surface area contributed by atoms with E-state index in [0.29, 0.717) is 11.3 Å². The zero-order valence-corrected chi connectivity index (χ0v) is 15.6. The first-order chi connectivity index (χ1) is 14.0. The van der Waals surface area contributed by atoms with Gasteiger partial charge < -0.3 is 18.9 Å². The van der Waals surface area contributed by atoms with Crippen LogP contribution < -0.4 is 10.1 Å². The highest BCUT2D eigenvalue weighted by molar-refractivity contribution is 6.29. The molecule has 3 heterocycles. The molecule has 0 aliphatic rings. The molecule has 0 saturated heterocycles. The van der Waals surface area contributed by atoms with Crippen molar-refractivity contribution in [2.24, 2.45) is 0 Å². The third kappa shape index (κ3) is 3.81. The van der Waals surface area contributed by atoms with Crippen LogP contribution in [-0.2, 0) is 0 Å². The number of carbonyl (C=O) groups excluding carboxylic acids is 1. The second-order valence-corrected chi connectivity index (χ2v) is 6.13. The molecule has 146 valence electrons. The van der Waals surface area contributed by atoms with E-state index >= 15 is 0 Å². The summed E-state index contributed by atoms with van der Waals surface area (Å²) in [6, 6.07) is 8.75. The van der Waals surface area contributed by atoms with E-state index in [2.05, 4.69) is 20.5 Å². The van der Waals surface area contributed by atoms with Gasteiger partial charge in [0.1, 0.15) is 22.3 Å². The Balaban J connectivity index is 1.62. The molecule has 10 heteroatoms. The summed E-state index contributed by atoms with van der Waals surface area (Å²) in [5, 5.41) is 10.5. The average Bonchev–Trinajstić information content (AvgIpc) is 3.41. The molecule has 3 aromatic heterocycles. The Bertz CT molecular complexity index is 1180. The summed E-state index contributed by atoms with van der Waals surface area (Å²) in [6.45, 7) is 0. The normalized spacial score (nSPS) is 10.7. The minimum atomic E-state index is -0.645. The Morgan fingerprint density at radius 1 is 1.21 bits per heavy atom. The fourth-order valence-corrected chi connectivity index (χ4v) is 2.68. The van der Waals surface area contributed by atoms with Gasteiger partial charge in [0.05, 0.1) is 19.1 Å². The number of amides is 1. The number of nitrogens with zero attached hydrogens (tertiary/aromatic N) is 3. The fraction of sp³-hybridized carbons (Fsp3) is 0.0526. The summed E-state index contributed by atoms with van der Waals surface area (Å²) in [7, 11) is 1.38. The van der Waals surface area contributed by atoms with Gasteiger partial charge in [0.15, 0.2) is 5.76 Å². The fourth-order valence-electron chi connectivity index (χ4n) is 2.54. The zero-order chi connectivity index (χ0) is 20.4. The zero-order valence-electron chi connectivity index (χ0n) is 14.8. The molecule has 0 spiro atoms. The van der Waals surface area contributed by atoms with Crippen molar-refractivity contribution in [3.63, 3.8) is 0 Å². The van der Waals surface area contributed by atoms with E-state index in [9.17, 15) is 9.18 Å². The van der Waals surface area contributed by atoms with Crippen molar-refractivity contribution < 1.29 is 22.8 Å². The average molecular weight is 415 g/mol. The number of nitrogens with one attached hydrogen (secondary N) is 1. The monoisotopic (exact) mass is 414 g/mol. The summed E-state index contributed by atoms with van der Waals surface area (Å²) in [5.74, 6) is -0.340. The number of furan rings is 1. The first-order valence-electron chi connectivity index (χ1n) is 8.23. The van der Waals surface area contributed by atoms with Crippen LogP contribution in [0.4, 0.5) is 10.1 Å². The van der Waals surface area contributed by atoms with Crippen LogP contribution in [0.25, 0.3) is 23.1 Å². The van der Waals surface area contributed by atoms with Crippen LogP contribution in [-0.4, -0.2) is 28.2 Å². The van der Waals surface area contributed by atoms with Gasteiger partial charge in [-0.25, -0.2) is 9.37 Å². The standard InChI is InChI=1S/C19H12ClFN4O4/c1-27-15-8-16(20)22-9-11(15)17(26)23-13-7-10(4-5-12(13)21)18-24-25-19(29-18)14-3-2-6-28-14/h2-9H,1H3,(H,23,26). The minimum Gasteiger partial charge on any atom is -0.496 e. The van der Waals surface area contributed by atoms with Crippen molar-refractivity contribution in [1.82, 2.24) is 15.2 Å². The Morgan fingerprint density at radius 3 is 2.79 bits per heavy atom. The van der Waals surface area contributed by atoms with Crippen LogP contribution in [0.5, 0.6) is 5.75 Å². The number of halogens is 2. The maximum Gasteiger partial charge on any atom is 0.283 e. The van der Waals surface area contributed by atoms with E-state index in [-0.39, 0.29) is 33.9 Å². The first-order valence-corrected chi connectivity index (χ1v) is 8.61. The lowest BCUT2D eigenvalue weighted by Gasteiger charge is -2.10. The number of rotatable bonds is 5. The van der Waals surface area contributed by atoms with Gasteiger partial charge in [-0.05, 0) is 30.3 Å². The van der Waals surface area contributed by atoms with Gasteiger partial charge in [0, 0.05) is 17.8 Å². The molecule has 1 aromatic carbocycles. The van der Waals surface area contributed by atoms with E-state index in [1.165, 1.54) is 43.8 Å². The lowest BCUT2D eigenvalue weighted by Crippen LogP contribution is -2.14. The highest BCUT2D eigenvalue weighted by Gasteiger charge is 2.18. The Kier molecular flexibility index (Phi) is 4.96. The summed E-state index contributed by atoms with van der Waals surface area (Å²) in [6.07, 6.45) is 2.72. The molecular formula is C19H12ClFN4O4. The molecule has 0 atom stereocenters. The second kappa shape index (κ2) is 7.72. The van der Waals surface area contributed by atoms with E-state index in [0.717, 1.165) is 0 Å². The van der Waals surface area contributed by atoms with E-state index in [1.54, 1.807) is 12.1 Å². The van der Waals surface area contributed by atoms with Crippen molar-refractivity contribution in [1.29, 1.82) is 0 Å². The smallest absolute Gasteiger partial charge is 0.283 e. The van der Waals surface area contributed by atoms with Crippen LogP contribution in [0.1, 0.15) is 10.4 Å².